The molecule has 1 aromatic carbocycles. The highest BCUT2D eigenvalue weighted by Gasteiger charge is 2.22. The predicted octanol–water partition coefficient (Wildman–Crippen LogP) is 2.47. The Hall–Kier alpha value is -2.07. The lowest BCUT2D eigenvalue weighted by molar-refractivity contribution is -0.125. The molecule has 0 fully saturated rings. The number of amides is 1. The van der Waals surface area contributed by atoms with Gasteiger partial charge < -0.3 is 15.5 Å². The van der Waals surface area contributed by atoms with E-state index in [0.29, 0.717) is 6.54 Å². The van der Waals surface area contributed by atoms with Gasteiger partial charge in [-0.1, -0.05) is 37.3 Å². The Balaban J connectivity index is 2.23. The summed E-state index contributed by atoms with van der Waals surface area (Å²) in [6.07, 6.45) is 2.33. The Labute approximate surface area is 119 Å². The minimum Gasteiger partial charge on any atom is -0.467 e. The third-order valence-corrected chi connectivity index (χ3v) is 3.40. The summed E-state index contributed by atoms with van der Waals surface area (Å²) < 4.78 is 5.45. The first-order chi connectivity index (χ1) is 9.76. The van der Waals surface area contributed by atoms with Gasteiger partial charge in [0.15, 0.2) is 0 Å². The summed E-state index contributed by atoms with van der Waals surface area (Å²) >= 11 is 0. The number of furan rings is 1. The van der Waals surface area contributed by atoms with Crippen LogP contribution in [0.15, 0.2) is 53.1 Å². The van der Waals surface area contributed by atoms with Gasteiger partial charge in [-0.05, 0) is 24.1 Å². The van der Waals surface area contributed by atoms with Crippen LogP contribution in [-0.2, 0) is 4.79 Å². The van der Waals surface area contributed by atoms with Crippen molar-refractivity contribution in [3.05, 3.63) is 60.1 Å². The maximum absolute atomic E-state index is 12.3. The fourth-order valence-electron chi connectivity index (χ4n) is 2.14. The van der Waals surface area contributed by atoms with Crippen LogP contribution in [0, 0.1) is 5.92 Å². The highest BCUT2D eigenvalue weighted by molar-refractivity contribution is 5.79. The lowest BCUT2D eigenvalue weighted by atomic mass is 10.0. The first-order valence-electron chi connectivity index (χ1n) is 6.85. The Morgan fingerprint density at radius 3 is 2.55 bits per heavy atom. The van der Waals surface area contributed by atoms with E-state index in [1.54, 1.807) is 6.26 Å². The number of hydrogen-bond donors (Lipinski definition) is 2. The van der Waals surface area contributed by atoms with E-state index < -0.39 is 0 Å². The minimum atomic E-state index is -0.278. The zero-order valence-corrected chi connectivity index (χ0v) is 11.6. The molecule has 0 radical (unpaired) electrons. The van der Waals surface area contributed by atoms with E-state index >= 15 is 0 Å². The second kappa shape index (κ2) is 6.91. The van der Waals surface area contributed by atoms with Crippen LogP contribution in [0.4, 0.5) is 0 Å². The summed E-state index contributed by atoms with van der Waals surface area (Å²) in [6.45, 7) is 2.31. The molecule has 0 aliphatic heterocycles. The maximum Gasteiger partial charge on any atom is 0.225 e. The van der Waals surface area contributed by atoms with Crippen LogP contribution < -0.4 is 11.1 Å². The smallest absolute Gasteiger partial charge is 0.225 e. The predicted molar refractivity (Wildman–Crippen MR) is 78.0 cm³/mol. The summed E-state index contributed by atoms with van der Waals surface area (Å²) in [5.74, 6) is 0.507. The molecule has 3 N–H and O–H groups in total. The average Bonchev–Trinajstić information content (AvgIpc) is 3.01. The van der Waals surface area contributed by atoms with Crippen LogP contribution in [-0.4, -0.2) is 12.5 Å². The Morgan fingerprint density at radius 2 is 2.00 bits per heavy atom. The molecule has 1 aromatic heterocycles. The van der Waals surface area contributed by atoms with E-state index in [1.165, 1.54) is 0 Å². The molecule has 0 aliphatic rings. The number of nitrogens with two attached hydrogens (primary N) is 1. The van der Waals surface area contributed by atoms with E-state index in [1.807, 2.05) is 49.4 Å². The molecule has 4 heteroatoms. The van der Waals surface area contributed by atoms with Crippen molar-refractivity contribution in [3.63, 3.8) is 0 Å². The molecule has 20 heavy (non-hydrogen) atoms. The quantitative estimate of drug-likeness (QED) is 0.848. The standard InChI is InChI=1S/C16H20N2O2/c1-2-12(11-17)16(19)18-15(14-9-6-10-20-14)13-7-4-3-5-8-13/h3-10,12,15H,2,11,17H2,1H3,(H,18,19). The summed E-state index contributed by atoms with van der Waals surface area (Å²) in [5.41, 5.74) is 6.62. The lowest BCUT2D eigenvalue weighted by Gasteiger charge is -2.20. The molecule has 2 unspecified atom stereocenters. The normalized spacial score (nSPS) is 13.7. The third kappa shape index (κ3) is 3.27. The van der Waals surface area contributed by atoms with E-state index in [-0.39, 0.29) is 17.9 Å². The van der Waals surface area contributed by atoms with Crippen LogP contribution in [0.2, 0.25) is 0 Å². The fraction of sp³-hybridized carbons (Fsp3) is 0.312. The van der Waals surface area contributed by atoms with E-state index in [2.05, 4.69) is 5.32 Å². The number of hydrogen-bond acceptors (Lipinski definition) is 3. The van der Waals surface area contributed by atoms with Gasteiger partial charge in [-0.15, -0.1) is 0 Å². The van der Waals surface area contributed by atoms with Gasteiger partial charge in [0.2, 0.25) is 5.91 Å². The van der Waals surface area contributed by atoms with Crippen LogP contribution in [0.1, 0.15) is 30.7 Å². The maximum atomic E-state index is 12.3. The van der Waals surface area contributed by atoms with Crippen molar-refractivity contribution >= 4 is 5.91 Å². The van der Waals surface area contributed by atoms with Gasteiger partial charge in [0.25, 0.3) is 0 Å². The van der Waals surface area contributed by atoms with Crippen molar-refractivity contribution in [1.82, 2.24) is 5.32 Å². The lowest BCUT2D eigenvalue weighted by Crippen LogP contribution is -2.37. The Bertz CT molecular complexity index is 519. The summed E-state index contributed by atoms with van der Waals surface area (Å²) in [4.78, 5) is 12.3. The third-order valence-electron chi connectivity index (χ3n) is 3.40. The van der Waals surface area contributed by atoms with Gasteiger partial charge in [-0.2, -0.15) is 0 Å². The largest absolute Gasteiger partial charge is 0.467 e. The first kappa shape index (κ1) is 14.3. The van der Waals surface area contributed by atoms with Gasteiger partial charge in [-0.3, -0.25) is 4.79 Å². The number of rotatable bonds is 6. The molecule has 0 spiro atoms. The van der Waals surface area contributed by atoms with Gasteiger partial charge >= 0.3 is 0 Å². The van der Waals surface area contributed by atoms with Crippen LogP contribution in [0.5, 0.6) is 0 Å². The molecule has 1 amide bonds. The van der Waals surface area contributed by atoms with E-state index in [0.717, 1.165) is 17.7 Å². The molecule has 4 nitrogen and oxygen atoms in total. The molecule has 2 rings (SSSR count). The Morgan fingerprint density at radius 1 is 1.25 bits per heavy atom. The summed E-state index contributed by atoms with van der Waals surface area (Å²) in [5, 5.41) is 3.02. The number of benzene rings is 1. The van der Waals surface area contributed by atoms with E-state index in [9.17, 15) is 4.79 Å². The van der Waals surface area contributed by atoms with Crippen molar-refractivity contribution in [1.29, 1.82) is 0 Å². The fourth-order valence-corrected chi connectivity index (χ4v) is 2.14. The van der Waals surface area contributed by atoms with Crippen molar-refractivity contribution < 1.29 is 9.21 Å². The monoisotopic (exact) mass is 272 g/mol. The van der Waals surface area contributed by atoms with Gasteiger partial charge in [0.1, 0.15) is 11.8 Å². The summed E-state index contributed by atoms with van der Waals surface area (Å²) in [6, 6.07) is 13.2. The van der Waals surface area contributed by atoms with Crippen molar-refractivity contribution in [2.24, 2.45) is 11.7 Å². The van der Waals surface area contributed by atoms with E-state index in [4.69, 9.17) is 10.2 Å². The molecule has 1 heterocycles. The number of carbonyl (C=O) groups is 1. The molecule has 0 aliphatic carbocycles. The van der Waals surface area contributed by atoms with Crippen molar-refractivity contribution in [3.8, 4) is 0 Å². The van der Waals surface area contributed by atoms with Crippen LogP contribution >= 0.6 is 0 Å². The molecular formula is C16H20N2O2. The molecule has 0 saturated carbocycles. The second-order valence-electron chi connectivity index (χ2n) is 4.71. The summed E-state index contributed by atoms with van der Waals surface area (Å²) in [7, 11) is 0. The van der Waals surface area contributed by atoms with Crippen molar-refractivity contribution in [2.75, 3.05) is 6.54 Å². The molecule has 0 saturated heterocycles. The molecule has 2 aromatic rings. The topological polar surface area (TPSA) is 68.3 Å². The second-order valence-corrected chi connectivity index (χ2v) is 4.71. The van der Waals surface area contributed by atoms with Crippen LogP contribution in [0.3, 0.4) is 0 Å². The van der Waals surface area contributed by atoms with Gasteiger partial charge in [0, 0.05) is 12.5 Å². The SMILES string of the molecule is CCC(CN)C(=O)NC(c1ccccc1)c1ccco1. The van der Waals surface area contributed by atoms with Crippen LogP contribution in [0.25, 0.3) is 0 Å². The molecular weight excluding hydrogens is 252 g/mol. The molecule has 2 atom stereocenters. The highest BCUT2D eigenvalue weighted by Crippen LogP contribution is 2.23. The van der Waals surface area contributed by atoms with Crippen molar-refractivity contribution in [2.45, 2.75) is 19.4 Å². The number of nitrogens with one attached hydrogen (secondary N) is 1. The molecule has 106 valence electrons. The van der Waals surface area contributed by atoms with Gasteiger partial charge in [-0.25, -0.2) is 0 Å². The average molecular weight is 272 g/mol. The van der Waals surface area contributed by atoms with Gasteiger partial charge in [0.05, 0.1) is 6.26 Å². The zero-order chi connectivity index (χ0) is 14.4. The zero-order valence-electron chi connectivity index (χ0n) is 11.6. The highest BCUT2D eigenvalue weighted by atomic mass is 16.3. The number of carbonyl (C=O) groups excluding carboxylic acids is 1. The Kier molecular flexibility index (Phi) is 4.96. The minimum absolute atomic E-state index is 0.0414. The molecule has 0 bridgehead atoms. The first-order valence-corrected chi connectivity index (χ1v) is 6.85.